The third-order valence-electron chi connectivity index (χ3n) is 2.81. The number of carbonyl (C=O) groups excluding carboxylic acids is 1. The first-order valence-electron chi connectivity index (χ1n) is 6.49. The summed E-state index contributed by atoms with van der Waals surface area (Å²) in [5.74, 6) is 0.572. The van der Waals surface area contributed by atoms with E-state index in [1.165, 1.54) is 6.42 Å². The third-order valence-corrected chi connectivity index (χ3v) is 2.81. The van der Waals surface area contributed by atoms with E-state index in [2.05, 4.69) is 33.0 Å². The standard InChI is InChI=1S/C13H27NO2/c1-5-7-8-16-13(15)10-14-12(4)9-11(3)6-2/h11-12,14H,5-10H2,1-4H3. The number of rotatable bonds is 9. The van der Waals surface area contributed by atoms with Gasteiger partial charge in [0.1, 0.15) is 0 Å². The lowest BCUT2D eigenvalue weighted by molar-refractivity contribution is -0.142. The van der Waals surface area contributed by atoms with Crippen LogP contribution in [-0.4, -0.2) is 25.2 Å². The summed E-state index contributed by atoms with van der Waals surface area (Å²) in [5.41, 5.74) is 0. The molecule has 0 aromatic carbocycles. The van der Waals surface area contributed by atoms with Crippen LogP contribution in [0.15, 0.2) is 0 Å². The van der Waals surface area contributed by atoms with Gasteiger partial charge in [0.25, 0.3) is 0 Å². The van der Waals surface area contributed by atoms with Crippen molar-refractivity contribution >= 4 is 5.97 Å². The summed E-state index contributed by atoms with van der Waals surface area (Å²) in [6.45, 7) is 9.51. The van der Waals surface area contributed by atoms with Crippen molar-refractivity contribution in [1.82, 2.24) is 5.32 Å². The number of unbranched alkanes of at least 4 members (excludes halogenated alkanes) is 1. The van der Waals surface area contributed by atoms with Crippen molar-refractivity contribution in [2.45, 2.75) is 59.4 Å². The fourth-order valence-corrected chi connectivity index (χ4v) is 1.49. The molecule has 0 saturated heterocycles. The molecule has 0 spiro atoms. The van der Waals surface area contributed by atoms with Gasteiger partial charge in [0.05, 0.1) is 13.2 Å². The minimum Gasteiger partial charge on any atom is -0.465 e. The summed E-state index contributed by atoms with van der Waals surface area (Å²) >= 11 is 0. The SMILES string of the molecule is CCCCOC(=O)CNC(C)CC(C)CC. The molecule has 0 aliphatic heterocycles. The van der Waals surface area contributed by atoms with Gasteiger partial charge in [0.15, 0.2) is 0 Å². The maximum atomic E-state index is 11.3. The molecular weight excluding hydrogens is 202 g/mol. The first-order chi connectivity index (χ1) is 7.60. The first-order valence-corrected chi connectivity index (χ1v) is 6.49. The van der Waals surface area contributed by atoms with Gasteiger partial charge in [0.2, 0.25) is 0 Å². The lowest BCUT2D eigenvalue weighted by Crippen LogP contribution is -2.33. The van der Waals surface area contributed by atoms with Crippen LogP contribution in [0.1, 0.15) is 53.4 Å². The second kappa shape index (κ2) is 9.64. The maximum absolute atomic E-state index is 11.3. The zero-order valence-electron chi connectivity index (χ0n) is 11.2. The Hall–Kier alpha value is -0.570. The predicted molar refractivity (Wildman–Crippen MR) is 67.4 cm³/mol. The summed E-state index contributed by atoms with van der Waals surface area (Å²) in [6.07, 6.45) is 4.31. The van der Waals surface area contributed by atoms with E-state index in [9.17, 15) is 4.79 Å². The van der Waals surface area contributed by atoms with E-state index in [4.69, 9.17) is 4.74 Å². The number of carbonyl (C=O) groups is 1. The highest BCUT2D eigenvalue weighted by atomic mass is 16.5. The Bertz CT molecular complexity index is 183. The van der Waals surface area contributed by atoms with E-state index in [-0.39, 0.29) is 5.97 Å². The van der Waals surface area contributed by atoms with Crippen LogP contribution in [0.5, 0.6) is 0 Å². The largest absolute Gasteiger partial charge is 0.465 e. The number of nitrogens with one attached hydrogen (secondary N) is 1. The van der Waals surface area contributed by atoms with Gasteiger partial charge in [-0.25, -0.2) is 0 Å². The van der Waals surface area contributed by atoms with Crippen LogP contribution in [0, 0.1) is 5.92 Å². The van der Waals surface area contributed by atoms with Gasteiger partial charge in [0, 0.05) is 6.04 Å². The summed E-state index contributed by atoms with van der Waals surface area (Å²) in [7, 11) is 0. The van der Waals surface area contributed by atoms with Crippen molar-refractivity contribution in [3.8, 4) is 0 Å². The van der Waals surface area contributed by atoms with E-state index in [0.717, 1.165) is 19.3 Å². The van der Waals surface area contributed by atoms with E-state index in [0.29, 0.717) is 25.1 Å². The van der Waals surface area contributed by atoms with Crippen LogP contribution in [0.2, 0.25) is 0 Å². The monoisotopic (exact) mass is 229 g/mol. The minimum atomic E-state index is -0.135. The molecule has 0 aromatic heterocycles. The van der Waals surface area contributed by atoms with Crippen LogP contribution < -0.4 is 5.32 Å². The van der Waals surface area contributed by atoms with E-state index in [1.807, 2.05) is 0 Å². The van der Waals surface area contributed by atoms with Crippen molar-refractivity contribution in [3.05, 3.63) is 0 Å². The van der Waals surface area contributed by atoms with Crippen LogP contribution >= 0.6 is 0 Å². The number of ether oxygens (including phenoxy) is 1. The Morgan fingerprint density at radius 2 is 2.00 bits per heavy atom. The molecule has 2 atom stereocenters. The highest BCUT2D eigenvalue weighted by molar-refractivity contribution is 5.71. The smallest absolute Gasteiger partial charge is 0.319 e. The Morgan fingerprint density at radius 1 is 1.31 bits per heavy atom. The average Bonchev–Trinajstić information content (AvgIpc) is 2.26. The van der Waals surface area contributed by atoms with Crippen LogP contribution in [-0.2, 0) is 9.53 Å². The van der Waals surface area contributed by atoms with Gasteiger partial charge in [-0.3, -0.25) is 4.79 Å². The Balaban J connectivity index is 3.51. The van der Waals surface area contributed by atoms with Gasteiger partial charge < -0.3 is 10.1 Å². The van der Waals surface area contributed by atoms with Gasteiger partial charge in [-0.15, -0.1) is 0 Å². The average molecular weight is 229 g/mol. The molecule has 0 amide bonds. The summed E-state index contributed by atoms with van der Waals surface area (Å²) in [6, 6.07) is 0.383. The molecular formula is C13H27NO2. The highest BCUT2D eigenvalue weighted by Crippen LogP contribution is 2.08. The molecule has 3 nitrogen and oxygen atoms in total. The molecule has 0 heterocycles. The second-order valence-corrected chi connectivity index (χ2v) is 4.61. The van der Waals surface area contributed by atoms with Crippen molar-refractivity contribution in [3.63, 3.8) is 0 Å². The van der Waals surface area contributed by atoms with Gasteiger partial charge in [-0.1, -0.05) is 33.6 Å². The predicted octanol–water partition coefficient (Wildman–Crippen LogP) is 2.74. The summed E-state index contributed by atoms with van der Waals surface area (Å²) in [4.78, 5) is 11.3. The van der Waals surface area contributed by atoms with Crippen LogP contribution in [0.25, 0.3) is 0 Å². The highest BCUT2D eigenvalue weighted by Gasteiger charge is 2.09. The molecule has 1 N–H and O–H groups in total. The lowest BCUT2D eigenvalue weighted by Gasteiger charge is -2.16. The number of hydrogen-bond acceptors (Lipinski definition) is 3. The second-order valence-electron chi connectivity index (χ2n) is 4.61. The first kappa shape index (κ1) is 15.4. The molecule has 96 valence electrons. The van der Waals surface area contributed by atoms with E-state index < -0.39 is 0 Å². The molecule has 0 aliphatic carbocycles. The van der Waals surface area contributed by atoms with Crippen LogP contribution in [0.3, 0.4) is 0 Å². The molecule has 0 saturated carbocycles. The molecule has 0 radical (unpaired) electrons. The fraction of sp³-hybridized carbons (Fsp3) is 0.923. The van der Waals surface area contributed by atoms with Gasteiger partial charge in [-0.05, 0) is 25.7 Å². The topological polar surface area (TPSA) is 38.3 Å². The minimum absolute atomic E-state index is 0.135. The maximum Gasteiger partial charge on any atom is 0.319 e. The van der Waals surface area contributed by atoms with Gasteiger partial charge >= 0.3 is 5.97 Å². The number of hydrogen-bond donors (Lipinski definition) is 1. The van der Waals surface area contributed by atoms with Crippen molar-refractivity contribution < 1.29 is 9.53 Å². The normalized spacial score (nSPS) is 14.5. The van der Waals surface area contributed by atoms with E-state index >= 15 is 0 Å². The molecule has 0 bridgehead atoms. The summed E-state index contributed by atoms with van der Waals surface area (Å²) < 4.78 is 5.06. The quantitative estimate of drug-likeness (QED) is 0.488. The van der Waals surface area contributed by atoms with E-state index in [1.54, 1.807) is 0 Å². The molecule has 2 unspecified atom stereocenters. The molecule has 0 aromatic rings. The molecule has 0 fully saturated rings. The Kier molecular flexibility index (Phi) is 9.30. The van der Waals surface area contributed by atoms with Crippen molar-refractivity contribution in [2.24, 2.45) is 5.92 Å². The Labute approximate surface area is 99.9 Å². The fourth-order valence-electron chi connectivity index (χ4n) is 1.49. The third kappa shape index (κ3) is 8.72. The van der Waals surface area contributed by atoms with Gasteiger partial charge in [-0.2, -0.15) is 0 Å². The molecule has 0 rings (SSSR count). The zero-order chi connectivity index (χ0) is 12.4. The Morgan fingerprint density at radius 3 is 2.56 bits per heavy atom. The lowest BCUT2D eigenvalue weighted by atomic mass is 10.0. The number of esters is 1. The zero-order valence-corrected chi connectivity index (χ0v) is 11.2. The molecule has 3 heteroatoms. The van der Waals surface area contributed by atoms with Crippen molar-refractivity contribution in [1.29, 1.82) is 0 Å². The van der Waals surface area contributed by atoms with Crippen LogP contribution in [0.4, 0.5) is 0 Å². The summed E-state index contributed by atoms with van der Waals surface area (Å²) in [5, 5.41) is 3.20. The molecule has 0 aliphatic rings. The van der Waals surface area contributed by atoms with Crippen molar-refractivity contribution in [2.75, 3.05) is 13.2 Å². The molecule has 16 heavy (non-hydrogen) atoms.